The summed E-state index contributed by atoms with van der Waals surface area (Å²) in [5.74, 6) is -0.395. The van der Waals surface area contributed by atoms with Crippen molar-refractivity contribution in [1.82, 2.24) is 9.80 Å². The molecule has 1 aromatic heterocycles. The van der Waals surface area contributed by atoms with Crippen LogP contribution in [-0.4, -0.2) is 34.3 Å². The van der Waals surface area contributed by atoms with Crippen LogP contribution < -0.4 is 5.32 Å². The van der Waals surface area contributed by atoms with Crippen LogP contribution in [0.2, 0.25) is 0 Å². The zero-order valence-corrected chi connectivity index (χ0v) is 21.6. The molecule has 0 spiro atoms. The van der Waals surface area contributed by atoms with E-state index < -0.39 is 41.1 Å². The zero-order chi connectivity index (χ0) is 28.4. The third kappa shape index (κ3) is 7.53. The Morgan fingerprint density at radius 1 is 0.923 bits per heavy atom. The molecule has 1 aliphatic rings. The second kappa shape index (κ2) is 11.3. The maximum Gasteiger partial charge on any atom is 0.416 e. The Kier molecular flexibility index (Phi) is 8.24. The fraction of sp³-hybridized carbons (Fsp3) is 0.333. The van der Waals surface area contributed by atoms with Crippen molar-refractivity contribution < 1.29 is 35.9 Å². The quantitative estimate of drug-likeness (QED) is 0.289. The van der Waals surface area contributed by atoms with E-state index in [9.17, 15) is 35.9 Å². The minimum atomic E-state index is -5.05. The molecule has 1 saturated carbocycles. The summed E-state index contributed by atoms with van der Waals surface area (Å²) in [7, 11) is 0. The number of hydrogen-bond acceptors (Lipinski definition) is 3. The lowest BCUT2D eigenvalue weighted by Crippen LogP contribution is -2.45. The minimum Gasteiger partial charge on any atom is -0.332 e. The lowest BCUT2D eigenvalue weighted by Gasteiger charge is -2.28. The Bertz CT molecular complexity index is 1290. The van der Waals surface area contributed by atoms with Gasteiger partial charge in [0.2, 0.25) is 5.91 Å². The third-order valence-corrected chi connectivity index (χ3v) is 7.27. The standard InChI is InChI=1S/C27H25F6N3O2S/c1-17-9-10-39-23(17)15-35(14-18-5-3-2-4-6-18)24(37)16-36(22-7-8-22)25(38)34-21-12-19(26(28,29)30)11-20(13-21)27(31,32)33/h2-6,9-13,22H,7-8,14-16H2,1H3,(H,34,38). The molecule has 208 valence electrons. The molecule has 2 aromatic carbocycles. The number of rotatable bonds is 8. The van der Waals surface area contributed by atoms with Crippen LogP contribution in [0.1, 0.15) is 40.0 Å². The van der Waals surface area contributed by atoms with E-state index in [0.29, 0.717) is 31.5 Å². The van der Waals surface area contributed by atoms with Gasteiger partial charge in [0, 0.05) is 23.2 Å². The highest BCUT2D eigenvalue weighted by Crippen LogP contribution is 2.38. The molecule has 3 amide bonds. The maximum absolute atomic E-state index is 13.5. The van der Waals surface area contributed by atoms with Crippen molar-refractivity contribution in [1.29, 1.82) is 0 Å². The fourth-order valence-electron chi connectivity index (χ4n) is 4.00. The highest BCUT2D eigenvalue weighted by atomic mass is 32.1. The molecule has 0 radical (unpaired) electrons. The van der Waals surface area contributed by atoms with Gasteiger partial charge in [0.15, 0.2) is 0 Å². The molecule has 0 saturated heterocycles. The molecule has 1 fully saturated rings. The SMILES string of the molecule is Cc1ccsc1CN(Cc1ccccc1)C(=O)CN(C(=O)Nc1cc(C(F)(F)F)cc(C(F)(F)F)c1)C1CC1. The van der Waals surface area contributed by atoms with Crippen LogP contribution in [0, 0.1) is 6.92 Å². The number of urea groups is 1. The van der Waals surface area contributed by atoms with E-state index in [1.807, 2.05) is 48.7 Å². The molecule has 12 heteroatoms. The number of benzene rings is 2. The number of nitrogens with one attached hydrogen (secondary N) is 1. The van der Waals surface area contributed by atoms with Crippen LogP contribution in [0.3, 0.4) is 0 Å². The lowest BCUT2D eigenvalue weighted by molar-refractivity contribution is -0.143. The molecule has 3 aromatic rings. The highest BCUT2D eigenvalue weighted by molar-refractivity contribution is 7.10. The summed E-state index contributed by atoms with van der Waals surface area (Å²) in [4.78, 5) is 30.3. The van der Waals surface area contributed by atoms with Gasteiger partial charge in [-0.2, -0.15) is 26.3 Å². The Hall–Kier alpha value is -3.54. The normalized spacial score (nSPS) is 13.7. The number of carbonyl (C=O) groups is 2. The first kappa shape index (κ1) is 28.5. The van der Waals surface area contributed by atoms with Gasteiger partial charge in [-0.15, -0.1) is 11.3 Å². The van der Waals surface area contributed by atoms with Gasteiger partial charge in [-0.25, -0.2) is 4.79 Å². The van der Waals surface area contributed by atoms with Crippen LogP contribution in [0.25, 0.3) is 0 Å². The molecular formula is C27H25F6N3O2S. The highest BCUT2D eigenvalue weighted by Gasteiger charge is 2.38. The van der Waals surface area contributed by atoms with Gasteiger partial charge in [-0.1, -0.05) is 30.3 Å². The average Bonchev–Trinajstić information content (AvgIpc) is 3.63. The molecule has 0 bridgehead atoms. The van der Waals surface area contributed by atoms with Crippen molar-refractivity contribution in [2.24, 2.45) is 0 Å². The maximum atomic E-state index is 13.5. The summed E-state index contributed by atoms with van der Waals surface area (Å²) in [6, 6.07) is 10.8. The summed E-state index contributed by atoms with van der Waals surface area (Å²) in [6.07, 6.45) is -8.96. The van der Waals surface area contributed by atoms with Crippen molar-refractivity contribution >= 4 is 29.0 Å². The van der Waals surface area contributed by atoms with Crippen molar-refractivity contribution in [3.63, 3.8) is 0 Å². The van der Waals surface area contributed by atoms with Gasteiger partial charge in [-0.05, 0) is 60.5 Å². The predicted molar refractivity (Wildman–Crippen MR) is 135 cm³/mol. The van der Waals surface area contributed by atoms with Crippen LogP contribution in [0.4, 0.5) is 36.8 Å². The molecule has 4 rings (SSSR count). The monoisotopic (exact) mass is 569 g/mol. The number of thiophene rings is 1. The summed E-state index contributed by atoms with van der Waals surface area (Å²) in [5.41, 5.74) is -1.86. The Balaban J connectivity index is 1.55. The molecule has 5 nitrogen and oxygen atoms in total. The van der Waals surface area contributed by atoms with E-state index in [-0.39, 0.29) is 25.2 Å². The number of alkyl halides is 6. The topological polar surface area (TPSA) is 52.7 Å². The van der Waals surface area contributed by atoms with Gasteiger partial charge in [0.1, 0.15) is 6.54 Å². The number of amides is 3. The van der Waals surface area contributed by atoms with E-state index in [1.54, 1.807) is 4.90 Å². The van der Waals surface area contributed by atoms with Crippen LogP contribution >= 0.6 is 11.3 Å². The summed E-state index contributed by atoms with van der Waals surface area (Å²) in [6.45, 7) is 2.10. The van der Waals surface area contributed by atoms with Gasteiger partial charge >= 0.3 is 18.4 Å². The van der Waals surface area contributed by atoms with Gasteiger partial charge in [-0.3, -0.25) is 4.79 Å². The number of carbonyl (C=O) groups excluding carboxylic acids is 2. The van der Waals surface area contributed by atoms with Crippen LogP contribution in [0.5, 0.6) is 0 Å². The first-order valence-electron chi connectivity index (χ1n) is 12.0. The fourth-order valence-corrected chi connectivity index (χ4v) is 4.92. The molecule has 1 N–H and O–H groups in total. The molecule has 0 aliphatic heterocycles. The summed E-state index contributed by atoms with van der Waals surface area (Å²) >= 11 is 1.49. The van der Waals surface area contributed by atoms with Crippen molar-refractivity contribution in [2.45, 2.75) is 51.2 Å². The Labute approximate surface area is 225 Å². The number of anilines is 1. The van der Waals surface area contributed by atoms with Crippen LogP contribution in [-0.2, 0) is 30.2 Å². The van der Waals surface area contributed by atoms with Crippen LogP contribution in [0.15, 0.2) is 60.0 Å². The average molecular weight is 570 g/mol. The number of nitrogens with zero attached hydrogens (tertiary/aromatic N) is 2. The first-order valence-corrected chi connectivity index (χ1v) is 12.9. The third-order valence-electron chi connectivity index (χ3n) is 6.26. The molecule has 0 unspecified atom stereocenters. The Morgan fingerprint density at radius 2 is 1.54 bits per heavy atom. The van der Waals surface area contributed by atoms with Crippen molar-refractivity contribution in [2.75, 3.05) is 11.9 Å². The number of hydrogen-bond donors (Lipinski definition) is 1. The van der Waals surface area contributed by atoms with E-state index in [2.05, 4.69) is 5.32 Å². The summed E-state index contributed by atoms with van der Waals surface area (Å²) in [5, 5.41) is 4.06. The van der Waals surface area contributed by atoms with Gasteiger partial charge in [0.25, 0.3) is 0 Å². The predicted octanol–water partition coefficient (Wildman–Crippen LogP) is 7.32. The molecule has 1 heterocycles. The smallest absolute Gasteiger partial charge is 0.332 e. The number of halogens is 6. The number of aryl methyl sites for hydroxylation is 1. The van der Waals surface area contributed by atoms with Crippen molar-refractivity contribution in [3.8, 4) is 0 Å². The second-order valence-electron chi connectivity index (χ2n) is 9.35. The lowest BCUT2D eigenvalue weighted by atomic mass is 10.1. The van der Waals surface area contributed by atoms with Gasteiger partial charge < -0.3 is 15.1 Å². The second-order valence-corrected chi connectivity index (χ2v) is 10.3. The largest absolute Gasteiger partial charge is 0.416 e. The van der Waals surface area contributed by atoms with E-state index in [1.165, 1.54) is 16.2 Å². The Morgan fingerprint density at radius 3 is 2.05 bits per heavy atom. The van der Waals surface area contributed by atoms with E-state index in [4.69, 9.17) is 0 Å². The minimum absolute atomic E-state index is 0.00807. The zero-order valence-electron chi connectivity index (χ0n) is 20.8. The van der Waals surface area contributed by atoms with Gasteiger partial charge in [0.05, 0.1) is 17.7 Å². The van der Waals surface area contributed by atoms with E-state index >= 15 is 0 Å². The summed E-state index contributed by atoms with van der Waals surface area (Å²) < 4.78 is 79.5. The van der Waals surface area contributed by atoms with E-state index in [0.717, 1.165) is 16.0 Å². The molecule has 1 aliphatic carbocycles. The first-order chi connectivity index (χ1) is 18.3. The molecule has 39 heavy (non-hydrogen) atoms. The van der Waals surface area contributed by atoms with Crippen molar-refractivity contribution in [3.05, 3.63) is 87.1 Å². The molecular weight excluding hydrogens is 544 g/mol. The molecule has 0 atom stereocenters.